The highest BCUT2D eigenvalue weighted by molar-refractivity contribution is 8.00. The second kappa shape index (κ2) is 6.54. The zero-order valence-corrected chi connectivity index (χ0v) is 15.2. The lowest BCUT2D eigenvalue weighted by molar-refractivity contribution is -0.130. The molecule has 0 bridgehead atoms. The summed E-state index contributed by atoms with van der Waals surface area (Å²) in [5.41, 5.74) is 0.493. The Morgan fingerprint density at radius 3 is 2.48 bits per heavy atom. The quantitative estimate of drug-likeness (QED) is 0.756. The maximum Gasteiger partial charge on any atom is 0.256 e. The van der Waals surface area contributed by atoms with E-state index in [-0.39, 0.29) is 16.7 Å². The Labute approximate surface area is 150 Å². The summed E-state index contributed by atoms with van der Waals surface area (Å²) in [4.78, 5) is 28.1. The zero-order valence-electron chi connectivity index (χ0n) is 12.8. The summed E-state index contributed by atoms with van der Waals surface area (Å²) in [6.45, 7) is 3.69. The van der Waals surface area contributed by atoms with Crippen LogP contribution in [-0.2, 0) is 4.79 Å². The Morgan fingerprint density at radius 1 is 1.17 bits per heavy atom. The van der Waals surface area contributed by atoms with Gasteiger partial charge in [-0.25, -0.2) is 0 Å². The molecule has 2 amide bonds. The first-order valence-electron chi connectivity index (χ1n) is 7.59. The minimum atomic E-state index is -0.216. The molecule has 3 rings (SSSR count). The molecule has 2 aliphatic rings. The van der Waals surface area contributed by atoms with Gasteiger partial charge in [0.1, 0.15) is 0 Å². The smallest absolute Gasteiger partial charge is 0.256 e. The molecule has 2 heterocycles. The molecule has 4 nitrogen and oxygen atoms in total. The van der Waals surface area contributed by atoms with Crippen molar-refractivity contribution in [2.45, 2.75) is 24.6 Å². The number of hydrogen-bond acceptors (Lipinski definition) is 3. The number of benzene rings is 1. The highest BCUT2D eigenvalue weighted by atomic mass is 35.5. The number of hydrogen-bond donors (Lipinski definition) is 0. The Kier molecular flexibility index (Phi) is 4.81. The van der Waals surface area contributed by atoms with Crippen LogP contribution in [0.3, 0.4) is 0 Å². The lowest BCUT2D eigenvalue weighted by atomic mass is 10.0. The number of likely N-dealkylation sites (tertiary alicyclic amines) is 1. The molecule has 2 fully saturated rings. The van der Waals surface area contributed by atoms with E-state index in [0.717, 1.165) is 18.6 Å². The topological polar surface area (TPSA) is 40.6 Å². The molecular formula is C16H18Cl2N2O2S. The van der Waals surface area contributed by atoms with Crippen molar-refractivity contribution in [3.63, 3.8) is 0 Å². The number of thioether (sulfide) groups is 1. The highest BCUT2D eigenvalue weighted by Crippen LogP contribution is 2.45. The van der Waals surface area contributed by atoms with E-state index >= 15 is 0 Å². The van der Waals surface area contributed by atoms with E-state index in [2.05, 4.69) is 0 Å². The molecule has 124 valence electrons. The summed E-state index contributed by atoms with van der Waals surface area (Å²) in [5.74, 6) is 0.964. The van der Waals surface area contributed by atoms with Crippen molar-refractivity contribution in [2.24, 2.45) is 0 Å². The summed E-state index contributed by atoms with van der Waals surface area (Å²) >= 11 is 13.9. The average molecular weight is 373 g/mol. The Balaban J connectivity index is 1.82. The van der Waals surface area contributed by atoms with E-state index < -0.39 is 0 Å². The molecule has 1 aromatic carbocycles. The van der Waals surface area contributed by atoms with Crippen molar-refractivity contribution in [3.05, 3.63) is 33.8 Å². The van der Waals surface area contributed by atoms with Crippen LogP contribution in [0.5, 0.6) is 0 Å². The molecule has 0 N–H and O–H groups in total. The number of halogens is 2. The van der Waals surface area contributed by atoms with Crippen LogP contribution in [0.4, 0.5) is 0 Å². The number of carbonyl (C=O) groups is 2. The first kappa shape index (κ1) is 16.9. The molecule has 0 atom stereocenters. The molecule has 0 saturated carbocycles. The standard InChI is InChI=1S/C16H18Cl2N2O2S/c1-11(21)19-6-4-16(5-7-19)20(8-9-23-16)15(22)13-3-2-12(17)10-14(13)18/h2-3,10H,4-9H2,1H3. The lowest BCUT2D eigenvalue weighted by Crippen LogP contribution is -2.53. The number of rotatable bonds is 1. The van der Waals surface area contributed by atoms with Crippen molar-refractivity contribution in [1.29, 1.82) is 0 Å². The Bertz CT molecular complexity index is 645. The number of amides is 2. The third-order valence-electron chi connectivity index (χ3n) is 4.57. The molecule has 0 aliphatic carbocycles. The predicted octanol–water partition coefficient (Wildman–Crippen LogP) is 3.52. The molecule has 2 aliphatic heterocycles. The summed E-state index contributed by atoms with van der Waals surface area (Å²) in [6.07, 6.45) is 1.60. The first-order chi connectivity index (χ1) is 10.9. The van der Waals surface area contributed by atoms with Gasteiger partial charge in [-0.15, -0.1) is 11.8 Å². The van der Waals surface area contributed by atoms with Gasteiger partial charge >= 0.3 is 0 Å². The minimum absolute atomic E-state index is 0.0482. The van der Waals surface area contributed by atoms with Gasteiger partial charge in [0.2, 0.25) is 5.91 Å². The Hall–Kier alpha value is -0.910. The molecule has 23 heavy (non-hydrogen) atoms. The van der Waals surface area contributed by atoms with Crippen LogP contribution >= 0.6 is 35.0 Å². The summed E-state index contributed by atoms with van der Waals surface area (Å²) in [7, 11) is 0. The lowest BCUT2D eigenvalue weighted by Gasteiger charge is -2.44. The van der Waals surface area contributed by atoms with Crippen LogP contribution in [0.2, 0.25) is 10.0 Å². The second-order valence-electron chi connectivity index (χ2n) is 5.88. The fourth-order valence-electron chi connectivity index (χ4n) is 3.29. The highest BCUT2D eigenvalue weighted by Gasteiger charge is 2.47. The van der Waals surface area contributed by atoms with Crippen LogP contribution in [0, 0.1) is 0 Å². The fourth-order valence-corrected chi connectivity index (χ4v) is 5.23. The second-order valence-corrected chi connectivity index (χ2v) is 8.18. The molecular weight excluding hydrogens is 355 g/mol. The van der Waals surface area contributed by atoms with Gasteiger partial charge in [0.15, 0.2) is 0 Å². The van der Waals surface area contributed by atoms with Crippen molar-refractivity contribution < 1.29 is 9.59 Å². The largest absolute Gasteiger partial charge is 0.343 e. The first-order valence-corrected chi connectivity index (χ1v) is 9.34. The van der Waals surface area contributed by atoms with E-state index in [4.69, 9.17) is 23.2 Å². The molecule has 0 radical (unpaired) electrons. The van der Waals surface area contributed by atoms with Crippen molar-refractivity contribution in [3.8, 4) is 0 Å². The number of carbonyl (C=O) groups excluding carboxylic acids is 2. The maximum absolute atomic E-state index is 13.0. The van der Waals surface area contributed by atoms with Gasteiger partial charge in [-0.1, -0.05) is 23.2 Å². The Morgan fingerprint density at radius 2 is 1.87 bits per heavy atom. The van der Waals surface area contributed by atoms with Gasteiger partial charge in [-0.2, -0.15) is 0 Å². The predicted molar refractivity (Wildman–Crippen MR) is 94.2 cm³/mol. The van der Waals surface area contributed by atoms with Crippen LogP contribution < -0.4 is 0 Å². The normalized spacial score (nSPS) is 20.1. The zero-order chi connectivity index (χ0) is 16.6. The average Bonchev–Trinajstić information content (AvgIpc) is 2.90. The number of nitrogens with zero attached hydrogens (tertiary/aromatic N) is 2. The molecule has 1 aromatic rings. The third-order valence-corrected chi connectivity index (χ3v) is 6.67. The maximum atomic E-state index is 13.0. The summed E-state index contributed by atoms with van der Waals surface area (Å²) in [5, 5.41) is 0.905. The van der Waals surface area contributed by atoms with Crippen molar-refractivity contribution in [2.75, 3.05) is 25.4 Å². The molecule has 1 spiro atoms. The van der Waals surface area contributed by atoms with Crippen LogP contribution in [-0.4, -0.2) is 51.9 Å². The molecule has 0 unspecified atom stereocenters. The molecule has 7 heteroatoms. The van der Waals surface area contributed by atoms with Gasteiger partial charge in [0.25, 0.3) is 5.91 Å². The van der Waals surface area contributed by atoms with Gasteiger partial charge in [-0.3, -0.25) is 9.59 Å². The van der Waals surface area contributed by atoms with Crippen molar-refractivity contribution in [1.82, 2.24) is 9.80 Å². The van der Waals surface area contributed by atoms with Crippen LogP contribution in [0.1, 0.15) is 30.1 Å². The molecule has 0 aromatic heterocycles. The third kappa shape index (κ3) is 3.19. The summed E-state index contributed by atoms with van der Waals surface area (Å²) < 4.78 is 0. The fraction of sp³-hybridized carbons (Fsp3) is 0.500. The van der Waals surface area contributed by atoms with E-state index in [0.29, 0.717) is 35.2 Å². The van der Waals surface area contributed by atoms with Crippen LogP contribution in [0.25, 0.3) is 0 Å². The molecule has 2 saturated heterocycles. The van der Waals surface area contributed by atoms with Crippen LogP contribution in [0.15, 0.2) is 18.2 Å². The van der Waals surface area contributed by atoms with Gasteiger partial charge < -0.3 is 9.80 Å². The van der Waals surface area contributed by atoms with E-state index in [1.54, 1.807) is 25.1 Å². The van der Waals surface area contributed by atoms with E-state index in [1.165, 1.54) is 0 Å². The minimum Gasteiger partial charge on any atom is -0.343 e. The van der Waals surface area contributed by atoms with Gasteiger partial charge in [0.05, 0.1) is 15.5 Å². The SMILES string of the molecule is CC(=O)N1CCC2(CC1)SCCN2C(=O)c1ccc(Cl)cc1Cl. The van der Waals surface area contributed by atoms with E-state index in [1.807, 2.05) is 21.6 Å². The monoisotopic (exact) mass is 372 g/mol. The van der Waals surface area contributed by atoms with Gasteiger partial charge in [-0.05, 0) is 31.0 Å². The van der Waals surface area contributed by atoms with E-state index in [9.17, 15) is 9.59 Å². The summed E-state index contributed by atoms with van der Waals surface area (Å²) in [6, 6.07) is 4.98. The number of piperidine rings is 1. The van der Waals surface area contributed by atoms with Crippen molar-refractivity contribution >= 4 is 46.8 Å². The van der Waals surface area contributed by atoms with Gasteiger partial charge in [0, 0.05) is 37.3 Å².